The first-order chi connectivity index (χ1) is 12.0. The highest BCUT2D eigenvalue weighted by Gasteiger charge is 2.40. The normalized spacial score (nSPS) is 20.4. The third-order valence-electron chi connectivity index (χ3n) is 4.58. The summed E-state index contributed by atoms with van der Waals surface area (Å²) in [6, 6.07) is 9.22. The summed E-state index contributed by atoms with van der Waals surface area (Å²) in [7, 11) is 1.61. The van der Waals surface area contributed by atoms with Gasteiger partial charge in [-0.05, 0) is 31.0 Å². The van der Waals surface area contributed by atoms with Crippen molar-refractivity contribution in [3.05, 3.63) is 59.5 Å². The van der Waals surface area contributed by atoms with Gasteiger partial charge in [0, 0.05) is 25.2 Å². The first kappa shape index (κ1) is 17.1. The van der Waals surface area contributed by atoms with Gasteiger partial charge in [0.25, 0.3) is 0 Å². The number of aryl methyl sites for hydroxylation is 1. The number of nitrogens with zero attached hydrogens (tertiary/aromatic N) is 2. The first-order valence-electron chi connectivity index (χ1n) is 8.21. The minimum Gasteiger partial charge on any atom is -0.338 e. The number of hydrogen-bond acceptors (Lipinski definition) is 3. The number of pyridine rings is 1. The molecule has 0 aliphatic carbocycles. The van der Waals surface area contributed by atoms with Crippen LogP contribution in [0.25, 0.3) is 0 Å². The third kappa shape index (κ3) is 3.52. The number of halogens is 1. The summed E-state index contributed by atoms with van der Waals surface area (Å²) in [6.07, 6.45) is 2.31. The minimum atomic E-state index is -0.632. The zero-order valence-corrected chi connectivity index (χ0v) is 14.2. The van der Waals surface area contributed by atoms with Crippen LogP contribution in [0.5, 0.6) is 0 Å². The maximum absolute atomic E-state index is 14.3. The molecule has 0 radical (unpaired) electrons. The summed E-state index contributed by atoms with van der Waals surface area (Å²) in [6.45, 7) is 1.91. The molecule has 0 saturated carbocycles. The fraction of sp³-hybridized carbons (Fsp3) is 0.316. The molecule has 1 fully saturated rings. The highest BCUT2D eigenvalue weighted by atomic mass is 19.1. The molecule has 2 heterocycles. The Kier molecular flexibility index (Phi) is 4.79. The van der Waals surface area contributed by atoms with E-state index >= 15 is 0 Å². The average Bonchev–Trinajstić information content (AvgIpc) is 2.60. The third-order valence-corrected chi connectivity index (χ3v) is 4.58. The maximum Gasteiger partial charge on any atom is 0.231 e. The lowest BCUT2D eigenvalue weighted by Gasteiger charge is -2.38. The Morgan fingerprint density at radius 1 is 1.28 bits per heavy atom. The molecule has 0 bridgehead atoms. The molecule has 6 heteroatoms. The van der Waals surface area contributed by atoms with Crippen molar-refractivity contribution in [2.24, 2.45) is 5.92 Å². The highest BCUT2D eigenvalue weighted by Crippen LogP contribution is 2.37. The van der Waals surface area contributed by atoms with Gasteiger partial charge in [0.05, 0.1) is 12.0 Å². The van der Waals surface area contributed by atoms with Crippen molar-refractivity contribution in [3.63, 3.8) is 0 Å². The molecule has 2 amide bonds. The molecule has 0 spiro atoms. The molecule has 1 aromatic carbocycles. The number of hydrogen-bond donors (Lipinski definition) is 1. The number of likely N-dealkylation sites (tertiary alicyclic amines) is 1. The Hall–Kier alpha value is -2.76. The van der Waals surface area contributed by atoms with Gasteiger partial charge in [-0.3, -0.25) is 9.59 Å². The van der Waals surface area contributed by atoms with Crippen molar-refractivity contribution in [1.82, 2.24) is 9.88 Å². The lowest BCUT2D eigenvalue weighted by atomic mass is 9.83. The molecule has 3 rings (SSSR count). The van der Waals surface area contributed by atoms with Gasteiger partial charge in [-0.1, -0.05) is 24.3 Å². The van der Waals surface area contributed by atoms with Crippen LogP contribution in [0.1, 0.15) is 30.0 Å². The largest absolute Gasteiger partial charge is 0.338 e. The number of benzene rings is 1. The van der Waals surface area contributed by atoms with Crippen LogP contribution in [0.15, 0.2) is 42.6 Å². The Morgan fingerprint density at radius 3 is 2.72 bits per heavy atom. The fourth-order valence-corrected chi connectivity index (χ4v) is 3.21. The number of carbonyl (C=O) groups excluding carboxylic acids is 2. The van der Waals surface area contributed by atoms with Gasteiger partial charge in [0.2, 0.25) is 11.8 Å². The number of nitrogens with one attached hydrogen (secondary N) is 1. The van der Waals surface area contributed by atoms with E-state index in [9.17, 15) is 14.0 Å². The van der Waals surface area contributed by atoms with E-state index < -0.39 is 17.8 Å². The first-order valence-corrected chi connectivity index (χ1v) is 8.21. The van der Waals surface area contributed by atoms with Crippen molar-refractivity contribution >= 4 is 17.6 Å². The van der Waals surface area contributed by atoms with Crippen molar-refractivity contribution in [3.8, 4) is 0 Å². The van der Waals surface area contributed by atoms with Crippen molar-refractivity contribution in [2.75, 3.05) is 12.4 Å². The SMILES string of the molecule is Cc1ccc(NC(=O)[C@@H]2CCC(=O)N(C)[C@@H]2c2ccccc2F)nc1. The zero-order chi connectivity index (χ0) is 18.0. The monoisotopic (exact) mass is 341 g/mol. The molecule has 1 aliphatic rings. The van der Waals surface area contributed by atoms with Gasteiger partial charge in [-0.25, -0.2) is 9.37 Å². The number of aromatic nitrogens is 1. The number of amides is 2. The van der Waals surface area contributed by atoms with Crippen molar-refractivity contribution in [2.45, 2.75) is 25.8 Å². The van der Waals surface area contributed by atoms with E-state index in [4.69, 9.17) is 0 Å². The molecule has 1 N–H and O–H groups in total. The molecular weight excluding hydrogens is 321 g/mol. The summed E-state index contributed by atoms with van der Waals surface area (Å²) >= 11 is 0. The molecule has 1 aromatic heterocycles. The van der Waals surface area contributed by atoms with E-state index in [0.717, 1.165) is 5.56 Å². The summed E-state index contributed by atoms with van der Waals surface area (Å²) in [5.74, 6) is -0.861. The van der Waals surface area contributed by atoms with Gasteiger partial charge >= 0.3 is 0 Å². The van der Waals surface area contributed by atoms with Crippen molar-refractivity contribution < 1.29 is 14.0 Å². The van der Waals surface area contributed by atoms with Gasteiger partial charge in [0.1, 0.15) is 11.6 Å². The van der Waals surface area contributed by atoms with Crippen LogP contribution < -0.4 is 5.32 Å². The predicted octanol–water partition coefficient (Wildman–Crippen LogP) is 3.08. The van der Waals surface area contributed by atoms with Crippen molar-refractivity contribution in [1.29, 1.82) is 0 Å². The summed E-state index contributed by atoms with van der Waals surface area (Å²) in [5.41, 5.74) is 1.35. The smallest absolute Gasteiger partial charge is 0.231 e. The molecule has 0 unspecified atom stereocenters. The second-order valence-corrected chi connectivity index (χ2v) is 6.33. The molecule has 2 aromatic rings. The summed E-state index contributed by atoms with van der Waals surface area (Å²) in [4.78, 5) is 30.5. The standard InChI is InChI=1S/C19H20FN3O2/c1-12-7-9-16(21-11-12)22-19(25)14-8-10-17(24)23(2)18(14)13-5-3-4-6-15(13)20/h3-7,9,11,14,18H,8,10H2,1-2H3,(H,21,22,25)/t14-,18-/m1/s1. The lowest BCUT2D eigenvalue weighted by molar-refractivity contribution is -0.140. The number of piperidine rings is 1. The lowest BCUT2D eigenvalue weighted by Crippen LogP contribution is -2.45. The van der Waals surface area contributed by atoms with Crippen LogP contribution in [0, 0.1) is 18.7 Å². The number of rotatable bonds is 3. The van der Waals surface area contributed by atoms with Crippen LogP contribution in [-0.2, 0) is 9.59 Å². The quantitative estimate of drug-likeness (QED) is 0.933. The van der Waals surface area contributed by atoms with Gasteiger partial charge in [0.15, 0.2) is 0 Å². The topological polar surface area (TPSA) is 62.3 Å². The summed E-state index contributed by atoms with van der Waals surface area (Å²) in [5, 5.41) is 2.78. The molecule has 130 valence electrons. The molecule has 5 nitrogen and oxygen atoms in total. The van der Waals surface area contributed by atoms with Gasteiger partial charge in [-0.15, -0.1) is 0 Å². The van der Waals surface area contributed by atoms with E-state index in [-0.39, 0.29) is 18.2 Å². The minimum absolute atomic E-state index is 0.0919. The fourth-order valence-electron chi connectivity index (χ4n) is 3.21. The van der Waals surface area contributed by atoms with Crippen LogP contribution >= 0.6 is 0 Å². The molecular formula is C19H20FN3O2. The Labute approximate surface area is 145 Å². The summed E-state index contributed by atoms with van der Waals surface area (Å²) < 4.78 is 14.3. The van der Waals surface area contributed by atoms with E-state index in [1.165, 1.54) is 11.0 Å². The highest BCUT2D eigenvalue weighted by molar-refractivity contribution is 5.94. The second-order valence-electron chi connectivity index (χ2n) is 6.33. The van der Waals surface area contributed by atoms with E-state index in [0.29, 0.717) is 17.8 Å². The van der Waals surface area contributed by atoms with E-state index in [1.807, 2.05) is 13.0 Å². The Bertz CT molecular complexity index is 792. The van der Waals surface area contributed by atoms with Gasteiger partial charge in [-0.2, -0.15) is 0 Å². The van der Waals surface area contributed by atoms with E-state index in [1.54, 1.807) is 37.5 Å². The Morgan fingerprint density at radius 2 is 2.04 bits per heavy atom. The zero-order valence-electron chi connectivity index (χ0n) is 14.2. The number of carbonyl (C=O) groups is 2. The average molecular weight is 341 g/mol. The van der Waals surface area contributed by atoms with Crippen LogP contribution in [0.3, 0.4) is 0 Å². The molecule has 1 saturated heterocycles. The molecule has 2 atom stereocenters. The predicted molar refractivity (Wildman–Crippen MR) is 92.2 cm³/mol. The second kappa shape index (κ2) is 7.01. The molecule has 25 heavy (non-hydrogen) atoms. The number of anilines is 1. The van der Waals surface area contributed by atoms with Crippen LogP contribution in [-0.4, -0.2) is 28.7 Å². The van der Waals surface area contributed by atoms with Crippen LogP contribution in [0.2, 0.25) is 0 Å². The van der Waals surface area contributed by atoms with E-state index in [2.05, 4.69) is 10.3 Å². The molecule has 1 aliphatic heterocycles. The van der Waals surface area contributed by atoms with Gasteiger partial charge < -0.3 is 10.2 Å². The Balaban J connectivity index is 1.89. The van der Waals surface area contributed by atoms with Crippen LogP contribution in [0.4, 0.5) is 10.2 Å². The maximum atomic E-state index is 14.3.